The maximum Gasteiger partial charge on any atom is 0.239 e. The highest BCUT2D eigenvalue weighted by Gasteiger charge is 2.35. The molecule has 6 nitrogen and oxygen atoms in total. The number of thioether (sulfide) groups is 1. The third-order valence-electron chi connectivity index (χ3n) is 3.50. The average molecular weight is 319 g/mol. The lowest BCUT2D eigenvalue weighted by molar-refractivity contribution is -0.115. The summed E-state index contributed by atoms with van der Waals surface area (Å²) in [6.45, 7) is 1.91. The number of hydrogen-bond acceptors (Lipinski definition) is 5. The number of nitrogens with zero attached hydrogens (tertiary/aromatic N) is 2. The van der Waals surface area contributed by atoms with E-state index in [0.717, 1.165) is 11.3 Å². The number of anilines is 1. The van der Waals surface area contributed by atoms with E-state index in [4.69, 9.17) is 9.47 Å². The zero-order valence-corrected chi connectivity index (χ0v) is 13.4. The van der Waals surface area contributed by atoms with Crippen molar-refractivity contribution in [3.8, 4) is 11.5 Å². The summed E-state index contributed by atoms with van der Waals surface area (Å²) in [5.41, 5.74) is 1.90. The van der Waals surface area contributed by atoms with Gasteiger partial charge in [-0.25, -0.2) is 0 Å². The van der Waals surface area contributed by atoms with Gasteiger partial charge >= 0.3 is 0 Å². The topological polar surface area (TPSA) is 67.5 Å². The van der Waals surface area contributed by atoms with Crippen molar-refractivity contribution < 1.29 is 14.3 Å². The van der Waals surface area contributed by atoms with Crippen LogP contribution in [-0.4, -0.2) is 36.1 Å². The van der Waals surface area contributed by atoms with E-state index in [0.29, 0.717) is 23.1 Å². The fourth-order valence-corrected chi connectivity index (χ4v) is 3.60. The Hall–Kier alpha value is -2.15. The first-order valence-corrected chi connectivity index (χ1v) is 7.86. The molecule has 116 valence electrons. The predicted octanol–water partition coefficient (Wildman–Crippen LogP) is 2.51. The van der Waals surface area contributed by atoms with Gasteiger partial charge in [0.1, 0.15) is 5.37 Å². The Balaban J connectivity index is 1.97. The summed E-state index contributed by atoms with van der Waals surface area (Å²) in [6, 6.07) is 7.58. The van der Waals surface area contributed by atoms with Crippen molar-refractivity contribution in [3.05, 3.63) is 35.5 Å². The molecule has 3 rings (SSSR count). The number of rotatable bonds is 4. The molecular formula is C15H17N3O3S. The summed E-state index contributed by atoms with van der Waals surface area (Å²) in [4.78, 5) is 14.0. The van der Waals surface area contributed by atoms with Gasteiger partial charge in [0.2, 0.25) is 5.91 Å². The van der Waals surface area contributed by atoms with Crippen molar-refractivity contribution in [2.45, 2.75) is 12.3 Å². The zero-order valence-electron chi connectivity index (χ0n) is 12.6. The fraction of sp³-hybridized carbons (Fsp3) is 0.333. The molecule has 0 radical (unpaired) electrons. The summed E-state index contributed by atoms with van der Waals surface area (Å²) in [5.74, 6) is 2.45. The smallest absolute Gasteiger partial charge is 0.239 e. The Bertz CT molecular complexity index is 701. The Morgan fingerprint density at radius 1 is 1.27 bits per heavy atom. The van der Waals surface area contributed by atoms with Crippen LogP contribution in [0.4, 0.5) is 5.82 Å². The summed E-state index contributed by atoms with van der Waals surface area (Å²) < 4.78 is 10.6. The summed E-state index contributed by atoms with van der Waals surface area (Å²) >= 11 is 1.57. The highest BCUT2D eigenvalue weighted by Crippen LogP contribution is 2.43. The van der Waals surface area contributed by atoms with Crippen LogP contribution in [-0.2, 0) is 4.79 Å². The first-order valence-electron chi connectivity index (χ1n) is 6.81. The van der Waals surface area contributed by atoms with Crippen molar-refractivity contribution in [2.75, 3.05) is 24.9 Å². The predicted molar refractivity (Wildman–Crippen MR) is 85.6 cm³/mol. The van der Waals surface area contributed by atoms with Gasteiger partial charge in [0, 0.05) is 11.8 Å². The Kier molecular flexibility index (Phi) is 3.98. The van der Waals surface area contributed by atoms with Crippen LogP contribution >= 0.6 is 11.8 Å². The van der Waals surface area contributed by atoms with Gasteiger partial charge in [-0.15, -0.1) is 11.8 Å². The van der Waals surface area contributed by atoms with E-state index in [1.807, 2.05) is 31.2 Å². The van der Waals surface area contributed by atoms with Gasteiger partial charge in [0.15, 0.2) is 17.3 Å². The number of aromatic nitrogens is 2. The van der Waals surface area contributed by atoms with Gasteiger partial charge in [-0.1, -0.05) is 6.07 Å². The van der Waals surface area contributed by atoms with Crippen LogP contribution in [0.25, 0.3) is 0 Å². The first kappa shape index (κ1) is 14.8. The average Bonchev–Trinajstić information content (AvgIpc) is 3.12. The second kappa shape index (κ2) is 5.92. The Labute approximate surface area is 132 Å². The first-order chi connectivity index (χ1) is 10.6. The highest BCUT2D eigenvalue weighted by molar-refractivity contribution is 8.00. The summed E-state index contributed by atoms with van der Waals surface area (Å²) in [7, 11) is 3.20. The number of hydrogen-bond donors (Lipinski definition) is 1. The molecule has 0 aliphatic carbocycles. The SMILES string of the molecule is COc1ccc(C2SCC(=O)N2c2cc(C)[nH]n2)cc1OC. The summed E-state index contributed by atoms with van der Waals surface area (Å²) in [6.07, 6.45) is 0. The lowest BCUT2D eigenvalue weighted by Crippen LogP contribution is -2.28. The van der Waals surface area contributed by atoms with Crippen LogP contribution in [0, 0.1) is 6.92 Å². The lowest BCUT2D eigenvalue weighted by atomic mass is 10.1. The van der Waals surface area contributed by atoms with E-state index >= 15 is 0 Å². The largest absolute Gasteiger partial charge is 0.493 e. The number of benzene rings is 1. The van der Waals surface area contributed by atoms with E-state index in [-0.39, 0.29) is 11.3 Å². The lowest BCUT2D eigenvalue weighted by Gasteiger charge is -2.22. The van der Waals surface area contributed by atoms with Gasteiger partial charge in [0.05, 0.1) is 20.0 Å². The third-order valence-corrected chi connectivity index (χ3v) is 4.71. The molecule has 0 saturated carbocycles. The van der Waals surface area contributed by atoms with Crippen molar-refractivity contribution in [3.63, 3.8) is 0 Å². The minimum atomic E-state index is -0.116. The third kappa shape index (κ3) is 2.52. The van der Waals surface area contributed by atoms with Gasteiger partial charge in [-0.05, 0) is 24.6 Å². The minimum absolute atomic E-state index is 0.0521. The molecular weight excluding hydrogens is 302 g/mol. The Morgan fingerprint density at radius 2 is 2.05 bits per heavy atom. The van der Waals surface area contributed by atoms with Crippen molar-refractivity contribution in [1.29, 1.82) is 0 Å². The number of ether oxygens (including phenoxy) is 2. The second-order valence-corrected chi connectivity index (χ2v) is 6.02. The summed E-state index contributed by atoms with van der Waals surface area (Å²) in [5, 5.41) is 6.98. The van der Waals surface area contributed by atoms with Crippen molar-refractivity contribution in [1.82, 2.24) is 10.2 Å². The van der Waals surface area contributed by atoms with Crippen LogP contribution in [0.5, 0.6) is 11.5 Å². The van der Waals surface area contributed by atoms with E-state index in [1.54, 1.807) is 30.9 Å². The van der Waals surface area contributed by atoms with Gasteiger partial charge < -0.3 is 9.47 Å². The maximum atomic E-state index is 12.2. The normalized spacial score (nSPS) is 17.9. The zero-order chi connectivity index (χ0) is 15.7. The molecule has 1 aromatic carbocycles. The van der Waals surface area contributed by atoms with E-state index < -0.39 is 0 Å². The van der Waals surface area contributed by atoms with Gasteiger partial charge in [0.25, 0.3) is 0 Å². The fourth-order valence-electron chi connectivity index (χ4n) is 2.45. The molecule has 1 aliphatic rings. The standard InChI is InChI=1S/C15H17N3O3S/c1-9-6-13(17-16-9)18-14(19)8-22-15(18)10-4-5-11(20-2)12(7-10)21-3/h4-7,15H,8H2,1-3H3,(H,16,17). The van der Waals surface area contributed by atoms with Crippen LogP contribution < -0.4 is 14.4 Å². The molecule has 1 fully saturated rings. The molecule has 1 unspecified atom stereocenters. The van der Waals surface area contributed by atoms with Crippen molar-refractivity contribution in [2.24, 2.45) is 0 Å². The molecule has 0 bridgehead atoms. The molecule has 1 N–H and O–H groups in total. The van der Waals surface area contributed by atoms with Crippen LogP contribution in [0.15, 0.2) is 24.3 Å². The van der Waals surface area contributed by atoms with Gasteiger partial charge in [-0.3, -0.25) is 14.8 Å². The molecule has 0 spiro atoms. The van der Waals surface area contributed by atoms with E-state index in [9.17, 15) is 4.79 Å². The number of H-pyrrole nitrogens is 1. The monoisotopic (exact) mass is 319 g/mol. The number of methoxy groups -OCH3 is 2. The van der Waals surface area contributed by atoms with Gasteiger partial charge in [-0.2, -0.15) is 5.10 Å². The molecule has 1 aliphatic heterocycles. The number of aryl methyl sites for hydroxylation is 1. The maximum absolute atomic E-state index is 12.2. The number of amides is 1. The molecule has 22 heavy (non-hydrogen) atoms. The molecule has 1 aromatic heterocycles. The molecule has 2 heterocycles. The molecule has 1 atom stereocenters. The number of aromatic amines is 1. The second-order valence-electron chi connectivity index (χ2n) is 4.95. The van der Waals surface area contributed by atoms with Crippen LogP contribution in [0.3, 0.4) is 0 Å². The van der Waals surface area contributed by atoms with Crippen LogP contribution in [0.2, 0.25) is 0 Å². The molecule has 2 aromatic rings. The molecule has 1 amide bonds. The number of carbonyl (C=O) groups is 1. The molecule has 7 heteroatoms. The quantitative estimate of drug-likeness (QED) is 0.938. The van der Waals surface area contributed by atoms with Crippen LogP contribution in [0.1, 0.15) is 16.6 Å². The van der Waals surface area contributed by atoms with E-state index in [1.165, 1.54) is 0 Å². The van der Waals surface area contributed by atoms with Crippen molar-refractivity contribution >= 4 is 23.5 Å². The Morgan fingerprint density at radius 3 is 2.68 bits per heavy atom. The highest BCUT2D eigenvalue weighted by atomic mass is 32.2. The number of carbonyl (C=O) groups excluding carboxylic acids is 1. The van der Waals surface area contributed by atoms with E-state index in [2.05, 4.69) is 10.2 Å². The molecule has 1 saturated heterocycles. The minimum Gasteiger partial charge on any atom is -0.493 e. The number of nitrogens with one attached hydrogen (secondary N) is 1.